The number of aryl methyl sites for hydroxylation is 3. The van der Waals surface area contributed by atoms with Crippen molar-refractivity contribution in [1.29, 1.82) is 0 Å². The first kappa shape index (κ1) is 25.4. The summed E-state index contributed by atoms with van der Waals surface area (Å²) >= 11 is 1.60. The average Bonchev–Trinajstić information content (AvgIpc) is 3.67. The topological polar surface area (TPSA) is 67.2 Å². The molecule has 6 nitrogen and oxygen atoms in total. The van der Waals surface area contributed by atoms with Gasteiger partial charge in [0.15, 0.2) is 0 Å². The zero-order chi connectivity index (χ0) is 27.1. The molecule has 39 heavy (non-hydrogen) atoms. The number of rotatable bonds is 6. The number of carbonyl (C=O) groups excluding carboxylic acids is 2. The number of anilines is 1. The number of benzene rings is 3. The smallest absolute Gasteiger partial charge is 0.240 e. The molecular weight excluding hydrogens is 504 g/mol. The monoisotopic (exact) mass is 536 g/mol. The Balaban J connectivity index is 1.62. The van der Waals surface area contributed by atoms with E-state index >= 15 is 0 Å². The third-order valence-electron chi connectivity index (χ3n) is 7.31. The fourth-order valence-electron chi connectivity index (χ4n) is 5.28. The van der Waals surface area contributed by atoms with Crippen molar-refractivity contribution < 1.29 is 9.59 Å². The first-order chi connectivity index (χ1) is 18.9. The SMILES string of the molecule is Cc1cccc([C@H]2SCC(=O)N(CC(=O)NC3CC3)c3c2c(-c2ccccc2)nn3-c2ccc(C)cc2C)c1. The van der Waals surface area contributed by atoms with Crippen LogP contribution in [0.2, 0.25) is 0 Å². The van der Waals surface area contributed by atoms with Crippen molar-refractivity contribution >= 4 is 29.4 Å². The molecule has 1 saturated carbocycles. The van der Waals surface area contributed by atoms with Crippen molar-refractivity contribution in [3.8, 4) is 16.9 Å². The minimum Gasteiger partial charge on any atom is -0.352 e. The number of nitrogens with zero attached hydrogens (tertiary/aromatic N) is 3. The molecule has 0 radical (unpaired) electrons. The molecule has 2 aliphatic rings. The maximum absolute atomic E-state index is 13.8. The Bertz CT molecular complexity index is 1560. The molecule has 7 heteroatoms. The largest absolute Gasteiger partial charge is 0.352 e. The molecular formula is C32H32N4O2S. The summed E-state index contributed by atoms with van der Waals surface area (Å²) in [5.74, 6) is 0.719. The lowest BCUT2D eigenvalue weighted by Gasteiger charge is -2.24. The number of nitrogens with one attached hydrogen (secondary N) is 1. The number of fused-ring (bicyclic) bond motifs is 1. The number of thioether (sulfide) groups is 1. The zero-order valence-electron chi connectivity index (χ0n) is 22.5. The average molecular weight is 537 g/mol. The summed E-state index contributed by atoms with van der Waals surface area (Å²) < 4.78 is 1.89. The van der Waals surface area contributed by atoms with Crippen LogP contribution >= 0.6 is 11.8 Å². The van der Waals surface area contributed by atoms with Crippen LogP contribution in [0.5, 0.6) is 0 Å². The number of hydrogen-bond donors (Lipinski definition) is 1. The molecule has 1 N–H and O–H groups in total. The second kappa shape index (κ2) is 10.4. The molecule has 6 rings (SSSR count). The van der Waals surface area contributed by atoms with Gasteiger partial charge >= 0.3 is 0 Å². The summed E-state index contributed by atoms with van der Waals surface area (Å²) in [6.45, 7) is 6.18. The fraction of sp³-hybridized carbons (Fsp3) is 0.281. The van der Waals surface area contributed by atoms with Gasteiger partial charge in [-0.1, -0.05) is 77.9 Å². The summed E-state index contributed by atoms with van der Waals surface area (Å²) in [7, 11) is 0. The fourth-order valence-corrected chi connectivity index (χ4v) is 6.47. The molecule has 0 unspecified atom stereocenters. The molecule has 1 aliphatic heterocycles. The third kappa shape index (κ3) is 5.11. The van der Waals surface area contributed by atoms with E-state index in [1.807, 2.05) is 22.9 Å². The number of carbonyl (C=O) groups is 2. The van der Waals surface area contributed by atoms with Crippen LogP contribution in [0.4, 0.5) is 5.82 Å². The van der Waals surface area contributed by atoms with E-state index in [4.69, 9.17) is 5.10 Å². The van der Waals surface area contributed by atoms with Crippen molar-refractivity contribution in [2.75, 3.05) is 17.2 Å². The second-order valence-electron chi connectivity index (χ2n) is 10.6. The first-order valence-electron chi connectivity index (χ1n) is 13.4. The predicted molar refractivity (Wildman–Crippen MR) is 157 cm³/mol. The highest BCUT2D eigenvalue weighted by Gasteiger charge is 2.38. The van der Waals surface area contributed by atoms with E-state index < -0.39 is 0 Å². The van der Waals surface area contributed by atoms with Gasteiger partial charge in [0.05, 0.1) is 22.4 Å². The summed E-state index contributed by atoms with van der Waals surface area (Å²) in [5.41, 5.74) is 8.15. The zero-order valence-corrected chi connectivity index (χ0v) is 23.3. The maximum Gasteiger partial charge on any atom is 0.240 e. The van der Waals surface area contributed by atoms with Crippen molar-refractivity contribution in [1.82, 2.24) is 15.1 Å². The molecule has 2 heterocycles. The van der Waals surface area contributed by atoms with Crippen molar-refractivity contribution in [3.63, 3.8) is 0 Å². The summed E-state index contributed by atoms with van der Waals surface area (Å²) in [4.78, 5) is 28.6. The van der Waals surface area contributed by atoms with E-state index in [9.17, 15) is 9.59 Å². The molecule has 0 spiro atoms. The minimum absolute atomic E-state index is 0.0335. The second-order valence-corrected chi connectivity index (χ2v) is 11.7. The van der Waals surface area contributed by atoms with E-state index in [-0.39, 0.29) is 35.4 Å². The van der Waals surface area contributed by atoms with Gasteiger partial charge in [0.2, 0.25) is 11.8 Å². The van der Waals surface area contributed by atoms with Crippen LogP contribution in [0.25, 0.3) is 16.9 Å². The van der Waals surface area contributed by atoms with Gasteiger partial charge in [-0.2, -0.15) is 5.10 Å². The lowest BCUT2D eigenvalue weighted by molar-refractivity contribution is -0.123. The van der Waals surface area contributed by atoms with Gasteiger partial charge in [-0.15, -0.1) is 11.8 Å². The Kier molecular flexibility index (Phi) is 6.77. The predicted octanol–water partition coefficient (Wildman–Crippen LogP) is 5.91. The van der Waals surface area contributed by atoms with Crippen LogP contribution in [0.3, 0.4) is 0 Å². The molecule has 0 saturated heterocycles. The van der Waals surface area contributed by atoms with Crippen LogP contribution in [0.15, 0.2) is 72.8 Å². The van der Waals surface area contributed by atoms with Crippen LogP contribution in [0.1, 0.15) is 45.9 Å². The number of amides is 2. The molecule has 1 aliphatic carbocycles. The lowest BCUT2D eigenvalue weighted by Crippen LogP contribution is -2.43. The number of aromatic nitrogens is 2. The van der Waals surface area contributed by atoms with E-state index in [2.05, 4.69) is 80.7 Å². The quantitative estimate of drug-likeness (QED) is 0.333. The van der Waals surface area contributed by atoms with E-state index in [0.29, 0.717) is 5.82 Å². The highest BCUT2D eigenvalue weighted by atomic mass is 32.2. The molecule has 2 amide bonds. The third-order valence-corrected chi connectivity index (χ3v) is 8.56. The van der Waals surface area contributed by atoms with Crippen molar-refractivity contribution in [2.45, 2.75) is 44.9 Å². The molecule has 4 aromatic rings. The Morgan fingerprint density at radius 1 is 0.974 bits per heavy atom. The Morgan fingerprint density at radius 3 is 2.46 bits per heavy atom. The molecule has 198 valence electrons. The van der Waals surface area contributed by atoms with Crippen molar-refractivity contribution in [3.05, 3.63) is 101 Å². The van der Waals surface area contributed by atoms with Gasteiger partial charge in [0.1, 0.15) is 12.4 Å². The first-order valence-corrected chi connectivity index (χ1v) is 14.5. The van der Waals surface area contributed by atoms with E-state index in [0.717, 1.165) is 57.6 Å². The Labute approximate surface area is 233 Å². The molecule has 0 bridgehead atoms. The van der Waals surface area contributed by atoms with Gasteiger partial charge < -0.3 is 5.32 Å². The minimum atomic E-state index is -0.134. The standard InChI is InChI=1S/C32H32N4O2S/c1-20-8-7-11-24(17-20)31-29-30(23-9-5-4-6-10-23)34-36(26-15-12-21(2)16-22(26)3)32(29)35(28(38)19-39-31)18-27(37)33-25-13-14-25/h4-12,15-17,25,31H,13-14,18-19H2,1-3H3,(H,33,37)/t31-/m1/s1. The van der Waals surface area contributed by atoms with Gasteiger partial charge in [-0.3, -0.25) is 14.5 Å². The van der Waals surface area contributed by atoms with Crippen LogP contribution in [0, 0.1) is 20.8 Å². The van der Waals surface area contributed by atoms with Crippen LogP contribution in [-0.4, -0.2) is 39.9 Å². The van der Waals surface area contributed by atoms with Gasteiger partial charge in [-0.05, 0) is 50.8 Å². The van der Waals surface area contributed by atoms with E-state index in [1.165, 1.54) is 0 Å². The van der Waals surface area contributed by atoms with Gasteiger partial charge in [-0.25, -0.2) is 4.68 Å². The number of hydrogen-bond acceptors (Lipinski definition) is 4. The van der Waals surface area contributed by atoms with Crippen LogP contribution < -0.4 is 10.2 Å². The highest BCUT2D eigenvalue weighted by molar-refractivity contribution is 8.00. The van der Waals surface area contributed by atoms with E-state index in [1.54, 1.807) is 16.7 Å². The normalized spacial score (nSPS) is 17.1. The van der Waals surface area contributed by atoms with Gasteiger partial charge in [0, 0.05) is 17.2 Å². The summed E-state index contributed by atoms with van der Waals surface area (Å²) in [6, 6.07) is 25.1. The molecule has 1 aromatic heterocycles. The van der Waals surface area contributed by atoms with Gasteiger partial charge in [0.25, 0.3) is 0 Å². The highest BCUT2D eigenvalue weighted by Crippen LogP contribution is 2.48. The summed E-state index contributed by atoms with van der Waals surface area (Å²) in [6.07, 6.45) is 1.99. The lowest BCUT2D eigenvalue weighted by atomic mass is 9.98. The van der Waals surface area contributed by atoms with Crippen LogP contribution in [-0.2, 0) is 9.59 Å². The summed E-state index contributed by atoms with van der Waals surface area (Å²) in [5, 5.41) is 8.15. The molecule has 1 fully saturated rings. The molecule has 3 aromatic carbocycles. The Hall–Kier alpha value is -3.84. The maximum atomic E-state index is 13.8. The molecule has 1 atom stereocenters. The Morgan fingerprint density at radius 2 is 1.74 bits per heavy atom. The van der Waals surface area contributed by atoms with Crippen molar-refractivity contribution in [2.24, 2.45) is 0 Å².